The molecule has 1 aliphatic heterocycles. The number of pyridine rings is 1. The van der Waals surface area contributed by atoms with Gasteiger partial charge in [0.1, 0.15) is 0 Å². The van der Waals surface area contributed by atoms with Gasteiger partial charge in [0.2, 0.25) is 6.79 Å². The number of benzene rings is 2. The summed E-state index contributed by atoms with van der Waals surface area (Å²) < 4.78 is 16.5. The van der Waals surface area contributed by atoms with Crippen molar-refractivity contribution in [3.8, 4) is 11.5 Å². The lowest BCUT2D eigenvalue weighted by molar-refractivity contribution is -0.125. The summed E-state index contributed by atoms with van der Waals surface area (Å²) >= 11 is 0. The lowest BCUT2D eigenvalue weighted by Gasteiger charge is -2.16. The number of nitrogens with zero attached hydrogens (tertiary/aromatic N) is 1. The van der Waals surface area contributed by atoms with Crippen LogP contribution in [0.2, 0.25) is 0 Å². The summed E-state index contributed by atoms with van der Waals surface area (Å²) in [6, 6.07) is 13.6. The topological polar surface area (TPSA) is 86.8 Å². The molecule has 1 N–H and O–H groups in total. The molecule has 1 amide bonds. The highest BCUT2D eigenvalue weighted by Gasteiger charge is 2.28. The quantitative estimate of drug-likeness (QED) is 0.372. The fourth-order valence-electron chi connectivity index (χ4n) is 5.61. The van der Waals surface area contributed by atoms with Crippen LogP contribution in [-0.2, 0) is 16.0 Å². The summed E-state index contributed by atoms with van der Waals surface area (Å²) in [4.78, 5) is 30.9. The highest BCUT2D eigenvalue weighted by atomic mass is 16.7. The average Bonchev–Trinajstić information content (AvgIpc) is 3.45. The molecule has 2 aliphatic carbocycles. The van der Waals surface area contributed by atoms with Crippen LogP contribution < -0.4 is 14.8 Å². The number of allylic oxidation sites excluding steroid dienone is 1. The van der Waals surface area contributed by atoms with Crippen LogP contribution in [0.3, 0.4) is 0 Å². The molecule has 2 heterocycles. The van der Waals surface area contributed by atoms with E-state index in [-0.39, 0.29) is 25.3 Å². The third-order valence-corrected chi connectivity index (χ3v) is 7.44. The van der Waals surface area contributed by atoms with E-state index in [4.69, 9.17) is 19.2 Å². The van der Waals surface area contributed by atoms with Crippen molar-refractivity contribution < 1.29 is 23.8 Å². The van der Waals surface area contributed by atoms with E-state index in [1.54, 1.807) is 0 Å². The number of amides is 1. The van der Waals surface area contributed by atoms with E-state index in [1.165, 1.54) is 12.8 Å². The number of carbonyl (C=O) groups is 2. The zero-order chi connectivity index (χ0) is 25.2. The summed E-state index contributed by atoms with van der Waals surface area (Å²) in [7, 11) is 0. The Hall–Kier alpha value is -3.87. The van der Waals surface area contributed by atoms with Gasteiger partial charge >= 0.3 is 5.97 Å². The third-order valence-electron chi connectivity index (χ3n) is 7.44. The molecule has 0 saturated heterocycles. The Kier molecular flexibility index (Phi) is 6.51. The first kappa shape index (κ1) is 23.5. The number of ether oxygens (including phenoxy) is 3. The highest BCUT2D eigenvalue weighted by Crippen LogP contribution is 2.39. The van der Waals surface area contributed by atoms with Crippen LogP contribution in [0.4, 0.5) is 0 Å². The van der Waals surface area contributed by atoms with E-state index in [2.05, 4.69) is 11.4 Å². The maximum Gasteiger partial charge on any atom is 0.339 e. The number of nitrogens with one attached hydrogen (secondary N) is 1. The number of hydrogen-bond donors (Lipinski definition) is 1. The first-order valence-corrected chi connectivity index (χ1v) is 13.1. The van der Waals surface area contributed by atoms with Crippen LogP contribution in [0, 0.1) is 0 Å². The average molecular weight is 499 g/mol. The van der Waals surface area contributed by atoms with E-state index >= 15 is 0 Å². The normalized spacial score (nSPS) is 18.0. The minimum absolute atomic E-state index is 0.170. The fraction of sp³-hybridized carbons (Fsp3) is 0.367. The molecule has 37 heavy (non-hydrogen) atoms. The Labute approximate surface area is 215 Å². The zero-order valence-corrected chi connectivity index (χ0v) is 20.8. The number of hydrogen-bond acceptors (Lipinski definition) is 6. The smallest absolute Gasteiger partial charge is 0.339 e. The second kappa shape index (κ2) is 10.2. The maximum atomic E-state index is 13.4. The number of esters is 1. The Balaban J connectivity index is 1.26. The highest BCUT2D eigenvalue weighted by molar-refractivity contribution is 6.07. The minimum atomic E-state index is -0.477. The molecule has 0 unspecified atom stereocenters. The van der Waals surface area contributed by atoms with E-state index in [0.717, 1.165) is 76.9 Å². The van der Waals surface area contributed by atoms with Gasteiger partial charge in [0.05, 0.1) is 16.8 Å². The largest absolute Gasteiger partial charge is 0.454 e. The summed E-state index contributed by atoms with van der Waals surface area (Å²) in [6.45, 7) is -0.0451. The molecule has 2 aromatic carbocycles. The number of carbonyl (C=O) groups excluding carboxylic acids is 2. The van der Waals surface area contributed by atoms with Gasteiger partial charge in [0.25, 0.3) is 5.91 Å². The van der Waals surface area contributed by atoms with Crippen LogP contribution in [0.5, 0.6) is 11.5 Å². The number of fused-ring (bicyclic) bond motifs is 3. The lowest BCUT2D eigenvalue weighted by atomic mass is 10.0. The lowest BCUT2D eigenvalue weighted by Crippen LogP contribution is -2.37. The first-order chi connectivity index (χ1) is 18.2. The first-order valence-electron chi connectivity index (χ1n) is 13.1. The zero-order valence-electron chi connectivity index (χ0n) is 20.8. The molecule has 0 bridgehead atoms. The molecule has 7 nitrogen and oxygen atoms in total. The predicted octanol–water partition coefficient (Wildman–Crippen LogP) is 5.45. The molecule has 190 valence electrons. The van der Waals surface area contributed by atoms with Gasteiger partial charge in [-0.15, -0.1) is 0 Å². The van der Waals surface area contributed by atoms with Crippen molar-refractivity contribution in [3.05, 3.63) is 64.8 Å². The summed E-state index contributed by atoms with van der Waals surface area (Å²) in [6.07, 6.45) is 10.2. The van der Waals surface area contributed by atoms with Crippen LogP contribution >= 0.6 is 0 Å². The van der Waals surface area contributed by atoms with Gasteiger partial charge in [-0.3, -0.25) is 4.79 Å². The molecular formula is C30H30N2O5. The Morgan fingerprint density at radius 3 is 2.68 bits per heavy atom. The van der Waals surface area contributed by atoms with Crippen molar-refractivity contribution in [1.82, 2.24) is 10.3 Å². The van der Waals surface area contributed by atoms with Gasteiger partial charge in [-0.1, -0.05) is 49.9 Å². The summed E-state index contributed by atoms with van der Waals surface area (Å²) in [5, 5.41) is 3.80. The molecule has 1 fully saturated rings. The van der Waals surface area contributed by atoms with E-state index in [0.29, 0.717) is 12.0 Å². The SMILES string of the molecule is O=C(COC(=O)c1c2c(nc3ccccc13)C(=Cc1ccc3c(c1)OCO3)CC2)NC1CCCCCC1. The minimum Gasteiger partial charge on any atom is -0.454 e. The van der Waals surface area contributed by atoms with Gasteiger partial charge in [-0.2, -0.15) is 0 Å². The molecule has 1 saturated carbocycles. The number of aromatic nitrogens is 1. The summed E-state index contributed by atoms with van der Waals surface area (Å²) in [5.41, 5.74) is 4.97. The molecule has 0 spiro atoms. The van der Waals surface area contributed by atoms with Crippen LogP contribution in [0.15, 0.2) is 42.5 Å². The van der Waals surface area contributed by atoms with Crippen molar-refractivity contribution in [2.75, 3.05) is 13.4 Å². The molecule has 3 aliphatic rings. The molecule has 6 rings (SSSR count). The molecule has 7 heteroatoms. The van der Waals surface area contributed by atoms with E-state index in [9.17, 15) is 9.59 Å². The molecular weight excluding hydrogens is 468 g/mol. The van der Waals surface area contributed by atoms with Gasteiger partial charge in [0.15, 0.2) is 18.1 Å². The van der Waals surface area contributed by atoms with E-state index in [1.807, 2.05) is 42.5 Å². The van der Waals surface area contributed by atoms with Gasteiger partial charge in [-0.05, 0) is 66.7 Å². The number of para-hydroxylation sites is 1. The van der Waals surface area contributed by atoms with Crippen LogP contribution in [-0.4, -0.2) is 36.3 Å². The van der Waals surface area contributed by atoms with Crippen LogP contribution in [0.1, 0.15) is 72.1 Å². The Bertz CT molecular complexity index is 1390. The van der Waals surface area contributed by atoms with Gasteiger partial charge in [-0.25, -0.2) is 9.78 Å². The van der Waals surface area contributed by atoms with Crippen molar-refractivity contribution in [2.24, 2.45) is 0 Å². The van der Waals surface area contributed by atoms with Gasteiger partial charge < -0.3 is 19.5 Å². The maximum absolute atomic E-state index is 13.4. The molecule has 0 atom stereocenters. The standard InChI is InChI=1S/C30H30N2O5/c33-27(31-21-7-3-1-2-4-8-21)17-35-30(34)28-22-9-5-6-10-24(22)32-29-20(12-13-23(28)29)15-19-11-14-25-26(16-19)37-18-36-25/h5-6,9-11,14-16,21H,1-4,7-8,12-13,17-18H2,(H,31,33). The summed E-state index contributed by atoms with van der Waals surface area (Å²) in [5.74, 6) is 0.755. The molecule has 1 aromatic heterocycles. The van der Waals surface area contributed by atoms with Crippen molar-refractivity contribution in [3.63, 3.8) is 0 Å². The van der Waals surface area contributed by atoms with Crippen molar-refractivity contribution in [1.29, 1.82) is 0 Å². The predicted molar refractivity (Wildman–Crippen MR) is 140 cm³/mol. The monoisotopic (exact) mass is 498 g/mol. The van der Waals surface area contributed by atoms with Gasteiger partial charge in [0, 0.05) is 11.4 Å². The van der Waals surface area contributed by atoms with Crippen molar-refractivity contribution >= 4 is 34.4 Å². The third kappa shape index (κ3) is 4.90. The second-order valence-corrected chi connectivity index (χ2v) is 9.95. The second-order valence-electron chi connectivity index (χ2n) is 9.95. The van der Waals surface area contributed by atoms with E-state index < -0.39 is 5.97 Å². The number of rotatable bonds is 5. The van der Waals surface area contributed by atoms with Crippen molar-refractivity contribution in [2.45, 2.75) is 57.4 Å². The molecule has 3 aromatic rings. The molecule has 0 radical (unpaired) electrons. The Morgan fingerprint density at radius 2 is 1.81 bits per heavy atom. The van der Waals surface area contributed by atoms with Crippen LogP contribution in [0.25, 0.3) is 22.6 Å². The fourth-order valence-corrected chi connectivity index (χ4v) is 5.61. The Morgan fingerprint density at radius 1 is 1.00 bits per heavy atom.